The summed E-state index contributed by atoms with van der Waals surface area (Å²) in [7, 11) is 0. The molecule has 1 aromatic heterocycles. The standard InChI is InChI=1S/C20H23FO3S/c1-3-15(20(24)19-5-4-10-25-19)17(22)8-6-13(2)11-14-7-9-18(23)16(21)12-14/h3-5,7,9-12,15,17,20,22-24H,1,6,8H2,2H3/b13-11+/t15-,17-,20+/m1/s1. The number of phenolic OH excluding ortho intramolecular Hbond substituents is 1. The van der Waals surface area contributed by atoms with Crippen molar-refractivity contribution in [3.63, 3.8) is 0 Å². The first-order valence-electron chi connectivity index (χ1n) is 8.10. The molecule has 0 unspecified atom stereocenters. The van der Waals surface area contributed by atoms with Gasteiger partial charge in [-0.3, -0.25) is 0 Å². The van der Waals surface area contributed by atoms with Gasteiger partial charge >= 0.3 is 0 Å². The van der Waals surface area contributed by atoms with Crippen LogP contribution in [0.5, 0.6) is 5.75 Å². The smallest absolute Gasteiger partial charge is 0.165 e. The summed E-state index contributed by atoms with van der Waals surface area (Å²) in [6.07, 6.45) is 2.96. The van der Waals surface area contributed by atoms with Crippen molar-refractivity contribution in [2.75, 3.05) is 0 Å². The minimum Gasteiger partial charge on any atom is -0.505 e. The van der Waals surface area contributed by atoms with E-state index in [4.69, 9.17) is 0 Å². The molecule has 25 heavy (non-hydrogen) atoms. The molecular formula is C20H23FO3S. The SMILES string of the molecule is C=C[C@H]([C@H](O)CC/C(C)=C/c1ccc(O)c(F)c1)[C@H](O)c1cccs1. The van der Waals surface area contributed by atoms with Crippen LogP contribution in [0.3, 0.4) is 0 Å². The average molecular weight is 362 g/mol. The maximum atomic E-state index is 13.4. The van der Waals surface area contributed by atoms with Crippen LogP contribution in [0.1, 0.15) is 36.3 Å². The first kappa shape index (κ1) is 19.4. The summed E-state index contributed by atoms with van der Waals surface area (Å²) < 4.78 is 13.4. The molecule has 0 aliphatic carbocycles. The van der Waals surface area contributed by atoms with Crippen molar-refractivity contribution >= 4 is 17.4 Å². The van der Waals surface area contributed by atoms with Crippen molar-refractivity contribution in [3.8, 4) is 5.75 Å². The Labute approximate surface area is 151 Å². The zero-order valence-electron chi connectivity index (χ0n) is 14.1. The number of hydrogen-bond acceptors (Lipinski definition) is 4. The molecule has 0 amide bonds. The van der Waals surface area contributed by atoms with Crippen molar-refractivity contribution in [2.45, 2.75) is 32.0 Å². The topological polar surface area (TPSA) is 60.7 Å². The Kier molecular flexibility index (Phi) is 6.93. The van der Waals surface area contributed by atoms with Crippen molar-refractivity contribution in [3.05, 3.63) is 70.2 Å². The van der Waals surface area contributed by atoms with Gasteiger partial charge in [0.2, 0.25) is 0 Å². The van der Waals surface area contributed by atoms with E-state index in [0.29, 0.717) is 18.4 Å². The molecule has 0 spiro atoms. The van der Waals surface area contributed by atoms with Gasteiger partial charge in [-0.25, -0.2) is 4.39 Å². The lowest BCUT2D eigenvalue weighted by Crippen LogP contribution is -2.24. The van der Waals surface area contributed by atoms with Crippen LogP contribution in [-0.2, 0) is 0 Å². The number of benzene rings is 1. The van der Waals surface area contributed by atoms with Gasteiger partial charge in [0, 0.05) is 10.8 Å². The van der Waals surface area contributed by atoms with E-state index >= 15 is 0 Å². The Morgan fingerprint density at radius 1 is 1.32 bits per heavy atom. The normalized spacial score (nSPS) is 15.6. The van der Waals surface area contributed by atoms with E-state index < -0.39 is 23.9 Å². The largest absolute Gasteiger partial charge is 0.505 e. The zero-order chi connectivity index (χ0) is 18.4. The minimum atomic E-state index is -0.775. The van der Waals surface area contributed by atoms with Gasteiger partial charge in [0.1, 0.15) is 0 Å². The summed E-state index contributed by atoms with van der Waals surface area (Å²) in [5.41, 5.74) is 1.62. The number of halogens is 1. The molecule has 2 rings (SSSR count). The Morgan fingerprint density at radius 3 is 2.68 bits per heavy atom. The highest BCUT2D eigenvalue weighted by molar-refractivity contribution is 7.10. The predicted molar refractivity (Wildman–Crippen MR) is 99.9 cm³/mol. The van der Waals surface area contributed by atoms with Gasteiger partial charge in [-0.15, -0.1) is 17.9 Å². The number of phenols is 1. The second-order valence-electron chi connectivity index (χ2n) is 6.08. The van der Waals surface area contributed by atoms with Crippen molar-refractivity contribution in [1.82, 2.24) is 0 Å². The fourth-order valence-electron chi connectivity index (χ4n) is 2.68. The Balaban J connectivity index is 1.97. The van der Waals surface area contributed by atoms with Crippen LogP contribution < -0.4 is 0 Å². The monoisotopic (exact) mass is 362 g/mol. The van der Waals surface area contributed by atoms with Crippen molar-refractivity contribution < 1.29 is 19.7 Å². The summed E-state index contributed by atoms with van der Waals surface area (Å²) in [6, 6.07) is 7.91. The average Bonchev–Trinajstić information content (AvgIpc) is 3.11. The number of aliphatic hydroxyl groups excluding tert-OH is 2. The Hall–Kier alpha value is -1.95. The van der Waals surface area contributed by atoms with E-state index in [1.807, 2.05) is 30.5 Å². The number of aromatic hydroxyl groups is 1. The molecule has 0 radical (unpaired) electrons. The Bertz CT molecular complexity index is 725. The fraction of sp³-hybridized carbons (Fsp3) is 0.300. The van der Waals surface area contributed by atoms with Gasteiger partial charge in [0.25, 0.3) is 0 Å². The van der Waals surface area contributed by atoms with E-state index in [-0.39, 0.29) is 5.75 Å². The number of hydrogen-bond donors (Lipinski definition) is 3. The first-order chi connectivity index (χ1) is 11.9. The zero-order valence-corrected chi connectivity index (χ0v) is 14.9. The van der Waals surface area contributed by atoms with Gasteiger partial charge < -0.3 is 15.3 Å². The first-order valence-corrected chi connectivity index (χ1v) is 8.98. The summed E-state index contributed by atoms with van der Waals surface area (Å²) in [5.74, 6) is -1.48. The summed E-state index contributed by atoms with van der Waals surface area (Å²) in [5, 5.41) is 31.9. The third-order valence-electron chi connectivity index (χ3n) is 4.13. The molecule has 3 atom stereocenters. The molecule has 0 saturated heterocycles. The van der Waals surface area contributed by atoms with Gasteiger partial charge in [-0.1, -0.05) is 29.9 Å². The summed E-state index contributed by atoms with van der Waals surface area (Å²) >= 11 is 1.44. The molecule has 0 fully saturated rings. The van der Waals surface area contributed by atoms with Crippen LogP contribution in [-0.4, -0.2) is 21.4 Å². The lowest BCUT2D eigenvalue weighted by molar-refractivity contribution is 0.0337. The van der Waals surface area contributed by atoms with E-state index in [1.165, 1.54) is 23.5 Å². The van der Waals surface area contributed by atoms with Gasteiger partial charge in [0.05, 0.1) is 12.2 Å². The molecule has 0 bridgehead atoms. The third-order valence-corrected chi connectivity index (χ3v) is 5.08. The molecule has 0 saturated carbocycles. The van der Waals surface area contributed by atoms with Crippen LogP contribution in [0, 0.1) is 11.7 Å². The van der Waals surface area contributed by atoms with E-state index in [1.54, 1.807) is 12.1 Å². The van der Waals surface area contributed by atoms with Crippen LogP contribution in [0.4, 0.5) is 4.39 Å². The van der Waals surface area contributed by atoms with Crippen LogP contribution in [0.15, 0.2) is 53.9 Å². The van der Waals surface area contributed by atoms with Crippen LogP contribution in [0.2, 0.25) is 0 Å². The molecule has 2 aromatic rings. The fourth-order valence-corrected chi connectivity index (χ4v) is 3.45. The Morgan fingerprint density at radius 2 is 2.08 bits per heavy atom. The predicted octanol–water partition coefficient (Wildman–Crippen LogP) is 4.67. The second-order valence-corrected chi connectivity index (χ2v) is 7.06. The maximum absolute atomic E-state index is 13.4. The molecule has 3 nitrogen and oxygen atoms in total. The molecule has 1 aromatic carbocycles. The van der Waals surface area contributed by atoms with Gasteiger partial charge in [-0.05, 0) is 48.9 Å². The molecule has 134 valence electrons. The van der Waals surface area contributed by atoms with E-state index in [2.05, 4.69) is 6.58 Å². The quantitative estimate of drug-likeness (QED) is 0.598. The van der Waals surface area contributed by atoms with Crippen molar-refractivity contribution in [1.29, 1.82) is 0 Å². The molecule has 1 heterocycles. The second kappa shape index (κ2) is 8.94. The highest BCUT2D eigenvalue weighted by atomic mass is 32.1. The number of thiophene rings is 1. The molecule has 5 heteroatoms. The highest BCUT2D eigenvalue weighted by Gasteiger charge is 2.25. The third kappa shape index (κ3) is 5.26. The highest BCUT2D eigenvalue weighted by Crippen LogP contribution is 2.31. The molecule has 0 aliphatic heterocycles. The molecular weight excluding hydrogens is 339 g/mol. The number of allylic oxidation sites excluding steroid dienone is 1. The minimum absolute atomic E-state index is 0.374. The van der Waals surface area contributed by atoms with E-state index in [9.17, 15) is 19.7 Å². The van der Waals surface area contributed by atoms with Crippen LogP contribution >= 0.6 is 11.3 Å². The van der Waals surface area contributed by atoms with Crippen LogP contribution in [0.25, 0.3) is 6.08 Å². The lowest BCUT2D eigenvalue weighted by atomic mass is 9.91. The molecule has 0 aliphatic rings. The summed E-state index contributed by atoms with van der Waals surface area (Å²) in [4.78, 5) is 0.802. The van der Waals surface area contributed by atoms with Gasteiger partial charge in [0.15, 0.2) is 11.6 Å². The summed E-state index contributed by atoms with van der Waals surface area (Å²) in [6.45, 7) is 5.63. The van der Waals surface area contributed by atoms with Gasteiger partial charge in [-0.2, -0.15) is 0 Å². The number of rotatable bonds is 8. The van der Waals surface area contributed by atoms with E-state index in [0.717, 1.165) is 10.5 Å². The maximum Gasteiger partial charge on any atom is 0.165 e. The molecule has 3 N–H and O–H groups in total. The van der Waals surface area contributed by atoms with Crippen molar-refractivity contribution in [2.24, 2.45) is 5.92 Å². The lowest BCUT2D eigenvalue weighted by Gasteiger charge is -2.24. The number of aliphatic hydroxyl groups is 2.